The van der Waals surface area contributed by atoms with Crippen molar-refractivity contribution in [3.05, 3.63) is 75.7 Å². The zero-order valence-electron chi connectivity index (χ0n) is 13.8. The zero-order chi connectivity index (χ0) is 17.3. The number of rotatable bonds is 3. The topological polar surface area (TPSA) is 60.3 Å². The first-order chi connectivity index (χ1) is 11.5. The first kappa shape index (κ1) is 15.8. The first-order valence-electron chi connectivity index (χ1n) is 7.59. The summed E-state index contributed by atoms with van der Waals surface area (Å²) >= 11 is 0. The molecule has 0 fully saturated rings. The number of nitrogens with one attached hydrogen (secondary N) is 1. The van der Waals surface area contributed by atoms with E-state index >= 15 is 0 Å². The smallest absolute Gasteiger partial charge is 0.291 e. The van der Waals surface area contributed by atoms with Gasteiger partial charge in [0.05, 0.1) is 5.39 Å². The molecular formula is C19H18N2O3. The van der Waals surface area contributed by atoms with Crippen molar-refractivity contribution < 1.29 is 9.63 Å². The summed E-state index contributed by atoms with van der Waals surface area (Å²) in [4.78, 5) is 30.3. The number of amides is 1. The number of hydrogen-bond donors (Lipinski definition) is 1. The predicted octanol–water partition coefficient (Wildman–Crippen LogP) is 2.93. The van der Waals surface area contributed by atoms with E-state index in [2.05, 4.69) is 5.32 Å². The summed E-state index contributed by atoms with van der Waals surface area (Å²) in [5.41, 5.74) is 2.57. The highest BCUT2D eigenvalue weighted by atomic mass is 16.6. The van der Waals surface area contributed by atoms with Crippen LogP contribution in [0.15, 0.2) is 53.3 Å². The van der Waals surface area contributed by atoms with Gasteiger partial charge in [0, 0.05) is 5.69 Å². The molecule has 0 spiro atoms. The SMILES string of the molecule is COn1c(C(=O)Nc2ccc(C)cc2C)cc2ccccc2c1=O. The maximum atomic E-state index is 12.7. The minimum atomic E-state index is -0.397. The zero-order valence-corrected chi connectivity index (χ0v) is 13.8. The molecule has 2 aromatic carbocycles. The van der Waals surface area contributed by atoms with Gasteiger partial charge in [0.25, 0.3) is 11.5 Å². The van der Waals surface area contributed by atoms with Crippen LogP contribution in [0.3, 0.4) is 0 Å². The van der Waals surface area contributed by atoms with Crippen molar-refractivity contribution in [1.82, 2.24) is 4.73 Å². The quantitative estimate of drug-likeness (QED) is 0.806. The van der Waals surface area contributed by atoms with Crippen LogP contribution in [0, 0.1) is 13.8 Å². The van der Waals surface area contributed by atoms with Crippen molar-refractivity contribution in [3.63, 3.8) is 0 Å². The second-order valence-corrected chi connectivity index (χ2v) is 5.67. The summed E-state index contributed by atoms with van der Waals surface area (Å²) in [6, 6.07) is 14.5. The molecule has 3 aromatic rings. The van der Waals surface area contributed by atoms with E-state index in [-0.39, 0.29) is 11.3 Å². The third kappa shape index (κ3) is 2.76. The molecule has 0 saturated carbocycles. The molecular weight excluding hydrogens is 304 g/mol. The highest BCUT2D eigenvalue weighted by Gasteiger charge is 2.17. The van der Waals surface area contributed by atoms with Crippen molar-refractivity contribution in [2.45, 2.75) is 13.8 Å². The number of carbonyl (C=O) groups is 1. The van der Waals surface area contributed by atoms with Crippen molar-refractivity contribution in [3.8, 4) is 0 Å². The summed E-state index contributed by atoms with van der Waals surface area (Å²) in [6.07, 6.45) is 0. The Morgan fingerprint density at radius 2 is 1.83 bits per heavy atom. The molecule has 1 N–H and O–H groups in total. The number of fused-ring (bicyclic) bond motifs is 1. The van der Waals surface area contributed by atoms with Crippen LogP contribution in [0.2, 0.25) is 0 Å². The van der Waals surface area contributed by atoms with Gasteiger partial charge in [0.1, 0.15) is 12.8 Å². The Morgan fingerprint density at radius 1 is 1.08 bits per heavy atom. The molecule has 0 radical (unpaired) electrons. The normalized spacial score (nSPS) is 10.6. The monoisotopic (exact) mass is 322 g/mol. The third-order valence-electron chi connectivity index (χ3n) is 3.93. The molecule has 0 unspecified atom stereocenters. The molecule has 0 atom stereocenters. The number of nitrogens with zero attached hydrogens (tertiary/aromatic N) is 1. The largest absolute Gasteiger partial charge is 0.413 e. The van der Waals surface area contributed by atoms with Gasteiger partial charge in [0.2, 0.25) is 0 Å². The minimum Gasteiger partial charge on any atom is -0.413 e. The lowest BCUT2D eigenvalue weighted by molar-refractivity contribution is 0.0952. The predicted molar refractivity (Wildman–Crippen MR) is 94.6 cm³/mol. The van der Waals surface area contributed by atoms with Crippen LogP contribution in [0.1, 0.15) is 21.6 Å². The van der Waals surface area contributed by atoms with Crippen LogP contribution in [-0.2, 0) is 0 Å². The maximum Gasteiger partial charge on any atom is 0.291 e. The Kier molecular flexibility index (Phi) is 4.08. The Balaban J connectivity index is 2.07. The summed E-state index contributed by atoms with van der Waals surface area (Å²) < 4.78 is 1.02. The van der Waals surface area contributed by atoms with E-state index in [0.717, 1.165) is 15.9 Å². The van der Waals surface area contributed by atoms with Crippen molar-refractivity contribution >= 4 is 22.4 Å². The molecule has 1 aromatic heterocycles. The Labute approximate surface area is 139 Å². The van der Waals surface area contributed by atoms with Crippen LogP contribution in [-0.4, -0.2) is 17.7 Å². The van der Waals surface area contributed by atoms with E-state index in [1.54, 1.807) is 24.3 Å². The van der Waals surface area contributed by atoms with E-state index in [1.165, 1.54) is 7.11 Å². The number of benzene rings is 2. The molecule has 5 nitrogen and oxygen atoms in total. The number of carbonyl (C=O) groups excluding carboxylic acids is 1. The van der Waals surface area contributed by atoms with Gasteiger partial charge in [-0.25, -0.2) is 0 Å². The van der Waals surface area contributed by atoms with E-state index in [1.807, 2.05) is 38.1 Å². The Morgan fingerprint density at radius 3 is 2.54 bits per heavy atom. The minimum absolute atomic E-state index is 0.154. The van der Waals surface area contributed by atoms with E-state index < -0.39 is 5.91 Å². The summed E-state index contributed by atoms with van der Waals surface area (Å²) in [6.45, 7) is 3.91. The van der Waals surface area contributed by atoms with Gasteiger partial charge in [0.15, 0.2) is 0 Å². The fraction of sp³-hybridized carbons (Fsp3) is 0.158. The van der Waals surface area contributed by atoms with Crippen LogP contribution < -0.4 is 15.7 Å². The molecule has 0 aliphatic heterocycles. The molecule has 24 heavy (non-hydrogen) atoms. The van der Waals surface area contributed by atoms with Gasteiger partial charge in [-0.15, -0.1) is 4.73 Å². The van der Waals surface area contributed by atoms with Crippen LogP contribution in [0.25, 0.3) is 10.8 Å². The molecule has 122 valence electrons. The van der Waals surface area contributed by atoms with Gasteiger partial charge in [-0.3, -0.25) is 9.59 Å². The van der Waals surface area contributed by atoms with E-state index in [0.29, 0.717) is 16.5 Å². The van der Waals surface area contributed by atoms with Gasteiger partial charge in [-0.05, 0) is 43.0 Å². The number of aryl methyl sites for hydroxylation is 2. The second-order valence-electron chi connectivity index (χ2n) is 5.67. The third-order valence-corrected chi connectivity index (χ3v) is 3.93. The van der Waals surface area contributed by atoms with Gasteiger partial charge < -0.3 is 10.2 Å². The number of anilines is 1. The van der Waals surface area contributed by atoms with E-state index in [4.69, 9.17) is 4.84 Å². The second kappa shape index (κ2) is 6.20. The standard InChI is InChI=1S/C19H18N2O3/c1-12-8-9-16(13(2)10-12)20-18(22)17-11-14-6-4-5-7-15(14)19(23)21(17)24-3/h4-11H,1-3H3,(H,20,22). The highest BCUT2D eigenvalue weighted by Crippen LogP contribution is 2.18. The van der Waals surface area contributed by atoms with Gasteiger partial charge in [-0.1, -0.05) is 35.9 Å². The molecule has 1 heterocycles. The molecule has 0 aliphatic carbocycles. The summed E-state index contributed by atoms with van der Waals surface area (Å²) in [5, 5.41) is 4.04. The van der Waals surface area contributed by atoms with Crippen LogP contribution in [0.4, 0.5) is 5.69 Å². The highest BCUT2D eigenvalue weighted by molar-refractivity contribution is 6.05. The Bertz CT molecular complexity index is 990. The fourth-order valence-electron chi connectivity index (χ4n) is 2.72. The molecule has 3 rings (SSSR count). The Hall–Kier alpha value is -3.08. The van der Waals surface area contributed by atoms with Crippen molar-refractivity contribution in [2.75, 3.05) is 12.4 Å². The molecule has 0 saturated heterocycles. The van der Waals surface area contributed by atoms with E-state index in [9.17, 15) is 9.59 Å². The first-order valence-corrected chi connectivity index (χ1v) is 7.59. The molecule has 1 amide bonds. The van der Waals surface area contributed by atoms with Crippen molar-refractivity contribution in [2.24, 2.45) is 0 Å². The van der Waals surface area contributed by atoms with Crippen LogP contribution >= 0.6 is 0 Å². The van der Waals surface area contributed by atoms with Crippen LogP contribution in [0.5, 0.6) is 0 Å². The fourth-order valence-corrected chi connectivity index (χ4v) is 2.72. The average molecular weight is 322 g/mol. The average Bonchev–Trinajstić information content (AvgIpc) is 2.57. The summed E-state index contributed by atoms with van der Waals surface area (Å²) in [5.74, 6) is -0.397. The summed E-state index contributed by atoms with van der Waals surface area (Å²) in [7, 11) is 1.37. The molecule has 5 heteroatoms. The number of aromatic nitrogens is 1. The lowest BCUT2D eigenvalue weighted by atomic mass is 10.1. The molecule has 0 aliphatic rings. The van der Waals surface area contributed by atoms with Gasteiger partial charge >= 0.3 is 0 Å². The lowest BCUT2D eigenvalue weighted by Crippen LogP contribution is -2.32. The van der Waals surface area contributed by atoms with Gasteiger partial charge in [-0.2, -0.15) is 0 Å². The lowest BCUT2D eigenvalue weighted by Gasteiger charge is -2.14. The number of hydrogen-bond acceptors (Lipinski definition) is 3. The molecule has 0 bridgehead atoms. The maximum absolute atomic E-state index is 12.7. The van der Waals surface area contributed by atoms with Crippen molar-refractivity contribution in [1.29, 1.82) is 0 Å². The number of pyridine rings is 1.